The van der Waals surface area contributed by atoms with Gasteiger partial charge in [0, 0.05) is 5.69 Å². The Kier molecular flexibility index (Phi) is 4.89. The highest BCUT2D eigenvalue weighted by Crippen LogP contribution is 2.23. The van der Waals surface area contributed by atoms with Gasteiger partial charge in [-0.05, 0) is 57.0 Å². The summed E-state index contributed by atoms with van der Waals surface area (Å²) in [5, 5.41) is 5.89. The lowest BCUT2D eigenvalue weighted by molar-refractivity contribution is 0.242. The van der Waals surface area contributed by atoms with Crippen LogP contribution in [-0.4, -0.2) is 6.03 Å². The van der Waals surface area contributed by atoms with Gasteiger partial charge in [-0.2, -0.15) is 0 Å². The average Bonchev–Trinajstić information content (AvgIpc) is 2.49. The molecule has 2 aromatic rings. The zero-order valence-corrected chi connectivity index (χ0v) is 14.2. The van der Waals surface area contributed by atoms with Gasteiger partial charge in [0.2, 0.25) is 0 Å². The fourth-order valence-corrected chi connectivity index (χ4v) is 2.33. The van der Waals surface area contributed by atoms with Crippen molar-refractivity contribution in [2.45, 2.75) is 33.2 Å². The van der Waals surface area contributed by atoms with Gasteiger partial charge in [-0.1, -0.05) is 48.0 Å². The van der Waals surface area contributed by atoms with Gasteiger partial charge in [-0.15, -0.1) is 0 Å². The summed E-state index contributed by atoms with van der Waals surface area (Å²) in [6.45, 7) is 11.9. The second kappa shape index (κ2) is 6.69. The van der Waals surface area contributed by atoms with Gasteiger partial charge in [0.25, 0.3) is 0 Å². The predicted molar refractivity (Wildman–Crippen MR) is 97.5 cm³/mol. The zero-order valence-electron chi connectivity index (χ0n) is 14.2. The number of hydrogen-bond acceptors (Lipinski definition) is 1. The highest BCUT2D eigenvalue weighted by molar-refractivity contribution is 5.89. The molecule has 0 heterocycles. The molecule has 2 aromatic carbocycles. The SMILES string of the molecule is C=C(C)c1cccc(C(C)(C)NC(=O)Nc2ccc(C)cc2)c1. The van der Waals surface area contributed by atoms with E-state index in [4.69, 9.17) is 0 Å². The molecule has 0 fully saturated rings. The second-order valence-corrected chi connectivity index (χ2v) is 6.43. The Hall–Kier alpha value is -2.55. The Labute approximate surface area is 138 Å². The standard InChI is InChI=1S/C20H24N2O/c1-14(2)16-7-6-8-17(13-16)20(4,5)22-19(23)21-18-11-9-15(3)10-12-18/h6-13H,1H2,2-5H3,(H2,21,22,23). The first-order chi connectivity index (χ1) is 10.8. The summed E-state index contributed by atoms with van der Waals surface area (Å²) in [7, 11) is 0. The molecule has 0 bridgehead atoms. The number of nitrogens with one attached hydrogen (secondary N) is 2. The molecular formula is C20H24N2O. The minimum atomic E-state index is -0.486. The van der Waals surface area contributed by atoms with Gasteiger partial charge < -0.3 is 10.6 Å². The van der Waals surface area contributed by atoms with Crippen LogP contribution in [0.15, 0.2) is 55.1 Å². The van der Waals surface area contributed by atoms with E-state index in [1.165, 1.54) is 0 Å². The third-order valence-electron chi connectivity index (χ3n) is 3.81. The van der Waals surface area contributed by atoms with Crippen LogP contribution in [0.4, 0.5) is 10.5 Å². The largest absolute Gasteiger partial charge is 0.329 e. The van der Waals surface area contributed by atoms with Gasteiger partial charge in [-0.25, -0.2) is 4.79 Å². The van der Waals surface area contributed by atoms with E-state index in [9.17, 15) is 4.79 Å². The van der Waals surface area contributed by atoms with Crippen LogP contribution in [0.3, 0.4) is 0 Å². The minimum Gasteiger partial charge on any atom is -0.329 e. The molecule has 0 unspecified atom stereocenters. The molecule has 120 valence electrons. The highest BCUT2D eigenvalue weighted by atomic mass is 16.2. The van der Waals surface area contributed by atoms with Crippen molar-refractivity contribution in [3.63, 3.8) is 0 Å². The van der Waals surface area contributed by atoms with Gasteiger partial charge in [0.15, 0.2) is 0 Å². The Morgan fingerprint density at radius 2 is 1.74 bits per heavy atom. The first kappa shape index (κ1) is 16.8. The van der Waals surface area contributed by atoms with Gasteiger partial charge in [0.1, 0.15) is 0 Å². The van der Waals surface area contributed by atoms with Crippen LogP contribution >= 0.6 is 0 Å². The van der Waals surface area contributed by atoms with E-state index in [0.29, 0.717) is 0 Å². The van der Waals surface area contributed by atoms with Crippen molar-refractivity contribution >= 4 is 17.3 Å². The molecule has 0 aliphatic heterocycles. The summed E-state index contributed by atoms with van der Waals surface area (Å²) in [5.74, 6) is 0. The van der Waals surface area contributed by atoms with Gasteiger partial charge >= 0.3 is 6.03 Å². The minimum absolute atomic E-state index is 0.223. The van der Waals surface area contributed by atoms with E-state index in [1.807, 2.05) is 70.2 Å². The van der Waals surface area contributed by atoms with E-state index in [0.717, 1.165) is 28.0 Å². The normalized spacial score (nSPS) is 11.0. The number of carbonyl (C=O) groups excluding carboxylic acids is 1. The monoisotopic (exact) mass is 308 g/mol. The van der Waals surface area contributed by atoms with E-state index in [2.05, 4.69) is 23.3 Å². The van der Waals surface area contributed by atoms with Crippen molar-refractivity contribution in [1.29, 1.82) is 0 Å². The smallest absolute Gasteiger partial charge is 0.319 e. The average molecular weight is 308 g/mol. The maximum atomic E-state index is 12.3. The molecule has 0 saturated heterocycles. The molecule has 0 aliphatic carbocycles. The topological polar surface area (TPSA) is 41.1 Å². The third kappa shape index (κ3) is 4.46. The number of hydrogen-bond donors (Lipinski definition) is 2. The van der Waals surface area contributed by atoms with Crippen LogP contribution in [0.25, 0.3) is 5.57 Å². The second-order valence-electron chi connectivity index (χ2n) is 6.43. The Bertz CT molecular complexity index is 715. The lowest BCUT2D eigenvalue weighted by atomic mass is 9.92. The van der Waals surface area contributed by atoms with Crippen LogP contribution in [0, 0.1) is 6.92 Å². The fourth-order valence-electron chi connectivity index (χ4n) is 2.33. The first-order valence-corrected chi connectivity index (χ1v) is 7.70. The number of allylic oxidation sites excluding steroid dienone is 1. The zero-order chi connectivity index (χ0) is 17.0. The Morgan fingerprint density at radius 1 is 1.09 bits per heavy atom. The highest BCUT2D eigenvalue weighted by Gasteiger charge is 2.23. The quantitative estimate of drug-likeness (QED) is 0.812. The first-order valence-electron chi connectivity index (χ1n) is 7.70. The summed E-state index contributed by atoms with van der Waals surface area (Å²) >= 11 is 0. The van der Waals surface area contributed by atoms with Crippen molar-refractivity contribution in [3.05, 3.63) is 71.8 Å². The van der Waals surface area contributed by atoms with Crippen LogP contribution in [0.2, 0.25) is 0 Å². The van der Waals surface area contributed by atoms with E-state index >= 15 is 0 Å². The number of benzene rings is 2. The summed E-state index contributed by atoms with van der Waals surface area (Å²) in [6.07, 6.45) is 0. The van der Waals surface area contributed by atoms with Gasteiger partial charge in [-0.3, -0.25) is 0 Å². The molecule has 3 nitrogen and oxygen atoms in total. The molecule has 2 N–H and O–H groups in total. The maximum Gasteiger partial charge on any atom is 0.319 e. The van der Waals surface area contributed by atoms with Crippen LogP contribution in [0.1, 0.15) is 37.5 Å². The molecule has 0 radical (unpaired) electrons. The molecule has 2 amide bonds. The van der Waals surface area contributed by atoms with E-state index in [1.54, 1.807) is 0 Å². The summed E-state index contributed by atoms with van der Waals surface area (Å²) in [6, 6.07) is 15.6. The van der Waals surface area contributed by atoms with Crippen molar-refractivity contribution in [3.8, 4) is 0 Å². The third-order valence-corrected chi connectivity index (χ3v) is 3.81. The molecule has 0 spiro atoms. The maximum absolute atomic E-state index is 12.3. The number of urea groups is 1. The van der Waals surface area contributed by atoms with Crippen LogP contribution < -0.4 is 10.6 Å². The van der Waals surface area contributed by atoms with Crippen molar-refractivity contribution in [1.82, 2.24) is 5.32 Å². The van der Waals surface area contributed by atoms with Crippen LogP contribution in [-0.2, 0) is 5.54 Å². The Balaban J connectivity index is 2.10. The van der Waals surface area contributed by atoms with E-state index < -0.39 is 5.54 Å². The van der Waals surface area contributed by atoms with Crippen molar-refractivity contribution < 1.29 is 4.79 Å². The molecule has 23 heavy (non-hydrogen) atoms. The molecular weight excluding hydrogens is 284 g/mol. The lowest BCUT2D eigenvalue weighted by Gasteiger charge is -2.27. The molecule has 0 saturated carbocycles. The number of rotatable bonds is 4. The summed E-state index contributed by atoms with van der Waals surface area (Å²) < 4.78 is 0. The van der Waals surface area contributed by atoms with Gasteiger partial charge in [0.05, 0.1) is 5.54 Å². The molecule has 0 aliphatic rings. The molecule has 2 rings (SSSR count). The number of amides is 2. The summed E-state index contributed by atoms with van der Waals surface area (Å²) in [4.78, 5) is 12.3. The number of carbonyl (C=O) groups is 1. The number of aryl methyl sites for hydroxylation is 1. The van der Waals surface area contributed by atoms with Crippen LogP contribution in [0.5, 0.6) is 0 Å². The Morgan fingerprint density at radius 3 is 2.35 bits per heavy atom. The van der Waals surface area contributed by atoms with E-state index in [-0.39, 0.29) is 6.03 Å². The van der Waals surface area contributed by atoms with Crippen molar-refractivity contribution in [2.24, 2.45) is 0 Å². The molecule has 0 atom stereocenters. The fraction of sp³-hybridized carbons (Fsp3) is 0.250. The molecule has 0 aromatic heterocycles. The van der Waals surface area contributed by atoms with Crippen molar-refractivity contribution in [2.75, 3.05) is 5.32 Å². The number of anilines is 1. The summed E-state index contributed by atoms with van der Waals surface area (Å²) in [5.41, 5.74) is 4.58. The predicted octanol–water partition coefficient (Wildman–Crippen LogP) is 5.08. The molecule has 3 heteroatoms. The lowest BCUT2D eigenvalue weighted by Crippen LogP contribution is -2.43.